The lowest BCUT2D eigenvalue weighted by Crippen LogP contribution is -2.30. The third-order valence-electron chi connectivity index (χ3n) is 16.7. The van der Waals surface area contributed by atoms with E-state index < -0.39 is 6.10 Å². The zero-order valence-electron chi connectivity index (χ0n) is 54.4. The Labute approximate surface area is 500 Å². The number of allylic oxidation sites excluding steroid dienone is 4. The van der Waals surface area contributed by atoms with Crippen molar-refractivity contribution >= 4 is 17.9 Å². The third kappa shape index (κ3) is 66.7. The molecule has 0 amide bonds. The Balaban J connectivity index is 4.03. The summed E-state index contributed by atoms with van der Waals surface area (Å²) in [5.74, 6) is -0.836. The van der Waals surface area contributed by atoms with Gasteiger partial charge in [-0.15, -0.1) is 0 Å². The molecule has 0 aromatic heterocycles. The monoisotopic (exact) mass is 1130 g/mol. The van der Waals surface area contributed by atoms with E-state index in [0.29, 0.717) is 19.3 Å². The normalized spacial score (nSPS) is 12.1. The van der Waals surface area contributed by atoms with Crippen LogP contribution in [-0.2, 0) is 28.6 Å². The molecule has 0 saturated carbocycles. The number of esters is 3. The van der Waals surface area contributed by atoms with E-state index in [0.717, 1.165) is 64.2 Å². The van der Waals surface area contributed by atoms with Crippen molar-refractivity contribution in [2.24, 2.45) is 0 Å². The summed E-state index contributed by atoms with van der Waals surface area (Å²) in [4.78, 5) is 38.3. The van der Waals surface area contributed by atoms with Gasteiger partial charge in [0.25, 0.3) is 0 Å². The van der Waals surface area contributed by atoms with Gasteiger partial charge in [0.2, 0.25) is 0 Å². The van der Waals surface area contributed by atoms with E-state index in [9.17, 15) is 14.4 Å². The fourth-order valence-corrected chi connectivity index (χ4v) is 11.2. The lowest BCUT2D eigenvalue weighted by atomic mass is 10.0. The third-order valence-corrected chi connectivity index (χ3v) is 16.7. The summed E-state index contributed by atoms with van der Waals surface area (Å²) in [6.45, 7) is 6.68. The van der Waals surface area contributed by atoms with Crippen LogP contribution in [0.3, 0.4) is 0 Å². The maximum atomic E-state index is 12.9. The molecule has 472 valence electrons. The first-order valence-corrected chi connectivity index (χ1v) is 36.3. The molecule has 0 N–H and O–H groups in total. The maximum absolute atomic E-state index is 12.9. The van der Waals surface area contributed by atoms with E-state index >= 15 is 0 Å². The van der Waals surface area contributed by atoms with E-state index in [2.05, 4.69) is 45.1 Å². The summed E-state index contributed by atoms with van der Waals surface area (Å²) in [5.41, 5.74) is 0. The highest BCUT2D eigenvalue weighted by atomic mass is 16.6. The van der Waals surface area contributed by atoms with Crippen molar-refractivity contribution in [1.82, 2.24) is 0 Å². The number of unbranched alkanes of at least 4 members (excludes halogenated alkanes) is 53. The van der Waals surface area contributed by atoms with Gasteiger partial charge in [0.05, 0.1) is 0 Å². The molecule has 6 nitrogen and oxygen atoms in total. The average molecular weight is 1130 g/mol. The first kappa shape index (κ1) is 77.9. The van der Waals surface area contributed by atoms with Crippen LogP contribution >= 0.6 is 0 Å². The van der Waals surface area contributed by atoms with Crippen molar-refractivity contribution in [3.63, 3.8) is 0 Å². The predicted octanol–water partition coefficient (Wildman–Crippen LogP) is 25.0. The SMILES string of the molecule is CCCCCCC/C=C\C/C=C\CCCCCCCCCCCCCCCCCCCC(=O)OCC(COC(=O)CCCCCCCCCC)OC(=O)CCCCCCCCCCCCCCCCCCCCCCCCCCC. The van der Waals surface area contributed by atoms with Gasteiger partial charge in [-0.1, -0.05) is 366 Å². The van der Waals surface area contributed by atoms with E-state index in [4.69, 9.17) is 14.2 Å². The fraction of sp³-hybridized carbons (Fsp3) is 0.905. The molecule has 0 aliphatic heterocycles. The van der Waals surface area contributed by atoms with Gasteiger partial charge in [0, 0.05) is 19.3 Å². The Bertz CT molecular complexity index is 1290. The van der Waals surface area contributed by atoms with Gasteiger partial charge >= 0.3 is 17.9 Å². The molecule has 0 radical (unpaired) electrons. The van der Waals surface area contributed by atoms with Gasteiger partial charge in [-0.05, 0) is 51.4 Å². The lowest BCUT2D eigenvalue weighted by molar-refractivity contribution is -0.167. The number of hydrogen-bond acceptors (Lipinski definition) is 6. The lowest BCUT2D eigenvalue weighted by Gasteiger charge is -2.18. The molecule has 0 spiro atoms. The van der Waals surface area contributed by atoms with Crippen molar-refractivity contribution < 1.29 is 28.6 Å². The topological polar surface area (TPSA) is 78.9 Å². The molecular weight excluding hydrogens is 985 g/mol. The first-order valence-electron chi connectivity index (χ1n) is 36.3. The Kier molecular flexibility index (Phi) is 67.6. The smallest absolute Gasteiger partial charge is 0.306 e. The van der Waals surface area contributed by atoms with Crippen molar-refractivity contribution in [3.05, 3.63) is 24.3 Å². The summed E-state index contributed by atoms with van der Waals surface area (Å²) >= 11 is 0. The molecule has 0 heterocycles. The van der Waals surface area contributed by atoms with Crippen LogP contribution in [0.1, 0.15) is 412 Å². The average Bonchev–Trinajstić information content (AvgIpc) is 3.46. The second-order valence-corrected chi connectivity index (χ2v) is 24.9. The van der Waals surface area contributed by atoms with Gasteiger partial charge in [-0.3, -0.25) is 14.4 Å². The van der Waals surface area contributed by atoms with E-state index in [1.54, 1.807) is 0 Å². The van der Waals surface area contributed by atoms with E-state index in [1.165, 1.54) is 308 Å². The highest BCUT2D eigenvalue weighted by molar-refractivity contribution is 5.71. The second-order valence-electron chi connectivity index (χ2n) is 24.9. The summed E-state index contributed by atoms with van der Waals surface area (Å²) < 4.78 is 16.9. The van der Waals surface area contributed by atoms with Crippen LogP contribution in [0.5, 0.6) is 0 Å². The molecule has 0 aliphatic carbocycles. The molecule has 0 aromatic carbocycles. The number of carbonyl (C=O) groups is 3. The molecule has 1 atom stereocenters. The zero-order valence-corrected chi connectivity index (χ0v) is 54.4. The molecule has 6 heteroatoms. The van der Waals surface area contributed by atoms with Crippen LogP contribution < -0.4 is 0 Å². The minimum atomic E-state index is -0.765. The van der Waals surface area contributed by atoms with Crippen LogP contribution in [0.4, 0.5) is 0 Å². The molecule has 80 heavy (non-hydrogen) atoms. The predicted molar refractivity (Wildman–Crippen MR) is 349 cm³/mol. The highest BCUT2D eigenvalue weighted by Crippen LogP contribution is 2.19. The number of rotatable bonds is 68. The zero-order chi connectivity index (χ0) is 57.8. The Morgan fingerprint density at radius 2 is 0.450 bits per heavy atom. The summed E-state index contributed by atoms with van der Waals surface area (Å²) in [6.07, 6.45) is 85.3. The van der Waals surface area contributed by atoms with Crippen molar-refractivity contribution in [3.8, 4) is 0 Å². The molecule has 0 saturated heterocycles. The quantitative estimate of drug-likeness (QED) is 0.0261. The van der Waals surface area contributed by atoms with Gasteiger partial charge in [-0.2, -0.15) is 0 Å². The van der Waals surface area contributed by atoms with Gasteiger partial charge in [0.1, 0.15) is 13.2 Å². The summed E-state index contributed by atoms with van der Waals surface area (Å²) in [7, 11) is 0. The molecule has 0 aliphatic rings. The van der Waals surface area contributed by atoms with E-state index in [-0.39, 0.29) is 31.1 Å². The molecule has 0 rings (SSSR count). The van der Waals surface area contributed by atoms with Crippen molar-refractivity contribution in [1.29, 1.82) is 0 Å². The van der Waals surface area contributed by atoms with Crippen LogP contribution in [0.25, 0.3) is 0 Å². The van der Waals surface area contributed by atoms with Crippen molar-refractivity contribution in [2.75, 3.05) is 13.2 Å². The van der Waals surface area contributed by atoms with Crippen molar-refractivity contribution in [2.45, 2.75) is 419 Å². The van der Waals surface area contributed by atoms with Gasteiger partial charge < -0.3 is 14.2 Å². The van der Waals surface area contributed by atoms with Crippen LogP contribution in [0.2, 0.25) is 0 Å². The highest BCUT2D eigenvalue weighted by Gasteiger charge is 2.19. The Morgan fingerprint density at radius 3 is 0.688 bits per heavy atom. The minimum absolute atomic E-state index is 0.0641. The molecular formula is C74H140O6. The second kappa shape index (κ2) is 69.4. The maximum Gasteiger partial charge on any atom is 0.306 e. The summed E-state index contributed by atoms with van der Waals surface area (Å²) in [6, 6.07) is 0. The molecule has 1 unspecified atom stereocenters. The number of ether oxygens (including phenoxy) is 3. The van der Waals surface area contributed by atoms with Crippen LogP contribution in [0.15, 0.2) is 24.3 Å². The minimum Gasteiger partial charge on any atom is -0.462 e. The standard InChI is InChI=1S/C74H140O6/c1-4-7-10-13-16-19-21-23-25-27-29-31-33-35-36-37-38-40-41-43-45-47-49-51-53-55-58-61-64-67-73(76)79-70-71(69-78-72(75)66-63-60-57-18-15-12-9-6-3)80-74(77)68-65-62-59-56-54-52-50-48-46-44-42-39-34-32-30-28-26-24-22-20-17-14-11-8-5-2/h21,23,27,29,71H,4-20,22,24-26,28,30-70H2,1-3H3/b23-21-,29-27-. The van der Waals surface area contributed by atoms with Crippen LogP contribution in [-0.4, -0.2) is 37.2 Å². The first-order chi connectivity index (χ1) is 39.5. The summed E-state index contributed by atoms with van der Waals surface area (Å²) in [5, 5.41) is 0. The molecule has 0 bridgehead atoms. The largest absolute Gasteiger partial charge is 0.462 e. The molecule has 0 fully saturated rings. The fourth-order valence-electron chi connectivity index (χ4n) is 11.2. The molecule has 0 aromatic rings. The Hall–Kier alpha value is -2.11. The van der Waals surface area contributed by atoms with E-state index in [1.807, 2.05) is 0 Å². The van der Waals surface area contributed by atoms with Gasteiger partial charge in [-0.25, -0.2) is 0 Å². The van der Waals surface area contributed by atoms with Gasteiger partial charge in [0.15, 0.2) is 6.10 Å². The number of hydrogen-bond donors (Lipinski definition) is 0. The Morgan fingerprint density at radius 1 is 0.250 bits per heavy atom. The number of carbonyl (C=O) groups excluding carboxylic acids is 3. The van der Waals surface area contributed by atoms with Crippen LogP contribution in [0, 0.1) is 0 Å².